The number of hydrogen-bond acceptors (Lipinski definition) is 3. The fourth-order valence-corrected chi connectivity index (χ4v) is 4.76. The van der Waals surface area contributed by atoms with Crippen molar-refractivity contribution in [3.05, 3.63) is 0 Å². The van der Waals surface area contributed by atoms with Gasteiger partial charge in [0.15, 0.2) is 0 Å². The van der Waals surface area contributed by atoms with Crippen LogP contribution in [0.1, 0.15) is 32.6 Å². The minimum atomic E-state index is -1.86. The largest absolute Gasteiger partial charge is 0.398 e. The zero-order valence-corrected chi connectivity index (χ0v) is 11.7. The molecule has 1 aliphatic carbocycles. The van der Waals surface area contributed by atoms with Crippen molar-refractivity contribution in [2.75, 3.05) is 13.7 Å². The van der Waals surface area contributed by atoms with E-state index in [4.69, 9.17) is 13.6 Å². The molecule has 16 heavy (non-hydrogen) atoms. The maximum atomic E-state index is 5.79. The molecule has 2 fully saturated rings. The van der Waals surface area contributed by atoms with Crippen LogP contribution in [-0.2, 0) is 13.6 Å². The lowest BCUT2D eigenvalue weighted by atomic mass is 9.88. The highest BCUT2D eigenvalue weighted by molar-refractivity contribution is 6.65. The van der Waals surface area contributed by atoms with E-state index in [1.54, 1.807) is 7.11 Å². The van der Waals surface area contributed by atoms with Crippen molar-refractivity contribution in [1.29, 1.82) is 0 Å². The molecule has 4 unspecified atom stereocenters. The zero-order chi connectivity index (χ0) is 11.6. The van der Waals surface area contributed by atoms with Crippen LogP contribution in [0.25, 0.3) is 0 Å². The normalized spacial score (nSPS) is 36.6. The van der Waals surface area contributed by atoms with Gasteiger partial charge in [-0.3, -0.25) is 0 Å². The van der Waals surface area contributed by atoms with Crippen LogP contribution >= 0.6 is 0 Å². The van der Waals surface area contributed by atoms with Gasteiger partial charge >= 0.3 is 8.56 Å². The second-order valence-corrected chi connectivity index (χ2v) is 8.67. The maximum absolute atomic E-state index is 5.79. The monoisotopic (exact) mass is 244 g/mol. The third-order valence-electron chi connectivity index (χ3n) is 4.00. The third kappa shape index (κ3) is 3.06. The number of rotatable bonds is 6. The Labute approximate surface area is 99.7 Å². The van der Waals surface area contributed by atoms with Gasteiger partial charge < -0.3 is 13.6 Å². The van der Waals surface area contributed by atoms with Gasteiger partial charge in [-0.05, 0) is 51.1 Å². The van der Waals surface area contributed by atoms with Gasteiger partial charge in [-0.15, -0.1) is 0 Å². The molecule has 0 N–H and O–H groups in total. The van der Waals surface area contributed by atoms with Crippen LogP contribution in [0.2, 0.25) is 12.6 Å². The molecule has 0 aromatic heterocycles. The highest BCUT2D eigenvalue weighted by Crippen LogP contribution is 2.41. The summed E-state index contributed by atoms with van der Waals surface area (Å²) in [6.07, 6.45) is 6.35. The fraction of sp³-hybridized carbons (Fsp3) is 1.00. The SMILES string of the molecule is CCO[Si](C)(CCC1CCC2OC2C1)OC. The lowest BCUT2D eigenvalue weighted by molar-refractivity contribution is 0.210. The van der Waals surface area contributed by atoms with Gasteiger partial charge in [0.05, 0.1) is 12.2 Å². The Hall–Kier alpha value is 0.0969. The molecule has 0 amide bonds. The first-order valence-electron chi connectivity index (χ1n) is 6.51. The molecule has 4 atom stereocenters. The Balaban J connectivity index is 1.72. The Kier molecular flexibility index (Phi) is 4.05. The van der Waals surface area contributed by atoms with Crippen LogP contribution in [0.4, 0.5) is 0 Å². The van der Waals surface area contributed by atoms with Crippen molar-refractivity contribution in [2.24, 2.45) is 5.92 Å². The summed E-state index contributed by atoms with van der Waals surface area (Å²) in [5.41, 5.74) is 0. The minimum absolute atomic E-state index is 0.598. The van der Waals surface area contributed by atoms with Gasteiger partial charge in [0.25, 0.3) is 0 Å². The summed E-state index contributed by atoms with van der Waals surface area (Å²) in [6.45, 7) is 5.00. The van der Waals surface area contributed by atoms with Crippen LogP contribution in [0.15, 0.2) is 0 Å². The molecule has 0 aromatic rings. The Morgan fingerprint density at radius 3 is 2.75 bits per heavy atom. The molecule has 94 valence electrons. The number of hydrogen-bond donors (Lipinski definition) is 0. The lowest BCUT2D eigenvalue weighted by Crippen LogP contribution is -2.38. The number of epoxide rings is 1. The summed E-state index contributed by atoms with van der Waals surface area (Å²) in [5, 5.41) is 0. The van der Waals surface area contributed by atoms with Crippen LogP contribution in [0.5, 0.6) is 0 Å². The molecular weight excluding hydrogens is 220 g/mol. The smallest absolute Gasteiger partial charge is 0.334 e. The molecule has 0 radical (unpaired) electrons. The number of fused-ring (bicyclic) bond motifs is 1. The van der Waals surface area contributed by atoms with Gasteiger partial charge in [-0.25, -0.2) is 0 Å². The van der Waals surface area contributed by atoms with Crippen molar-refractivity contribution < 1.29 is 13.6 Å². The van der Waals surface area contributed by atoms with Crippen molar-refractivity contribution >= 4 is 8.56 Å². The van der Waals surface area contributed by atoms with E-state index in [0.29, 0.717) is 12.2 Å². The maximum Gasteiger partial charge on any atom is 0.334 e. The number of ether oxygens (including phenoxy) is 1. The molecule has 2 aliphatic rings. The molecule has 4 heteroatoms. The summed E-state index contributed by atoms with van der Waals surface area (Å²) >= 11 is 0. The van der Waals surface area contributed by atoms with Crippen molar-refractivity contribution in [3.63, 3.8) is 0 Å². The molecule has 1 heterocycles. The highest BCUT2D eigenvalue weighted by atomic mass is 28.4. The predicted molar refractivity (Wildman–Crippen MR) is 65.7 cm³/mol. The quantitative estimate of drug-likeness (QED) is 0.532. The molecule has 2 rings (SSSR count). The van der Waals surface area contributed by atoms with E-state index >= 15 is 0 Å². The molecule has 1 saturated heterocycles. The van der Waals surface area contributed by atoms with E-state index in [2.05, 4.69) is 6.55 Å². The van der Waals surface area contributed by atoms with Gasteiger partial charge in [-0.2, -0.15) is 0 Å². The zero-order valence-electron chi connectivity index (χ0n) is 10.7. The van der Waals surface area contributed by atoms with E-state index in [9.17, 15) is 0 Å². The first kappa shape index (κ1) is 12.6. The average Bonchev–Trinajstić information content (AvgIpc) is 3.05. The second kappa shape index (κ2) is 5.17. The van der Waals surface area contributed by atoms with Crippen LogP contribution in [-0.4, -0.2) is 34.5 Å². The second-order valence-electron chi connectivity index (χ2n) is 5.20. The van der Waals surface area contributed by atoms with E-state index < -0.39 is 8.56 Å². The van der Waals surface area contributed by atoms with E-state index in [1.807, 2.05) is 6.92 Å². The fourth-order valence-electron chi connectivity index (χ4n) is 2.75. The molecule has 3 nitrogen and oxygen atoms in total. The van der Waals surface area contributed by atoms with Crippen molar-refractivity contribution in [2.45, 2.75) is 57.4 Å². The Morgan fingerprint density at radius 2 is 2.12 bits per heavy atom. The summed E-state index contributed by atoms with van der Waals surface area (Å²) in [6, 6.07) is 1.12. The predicted octanol–water partition coefficient (Wildman–Crippen LogP) is 2.70. The standard InChI is InChI=1S/C12H24O3Si/c1-4-14-16(3,13-2)8-7-10-5-6-11-12(9-10)15-11/h10-12H,4-9H2,1-3H3. The summed E-state index contributed by atoms with van der Waals surface area (Å²) in [4.78, 5) is 0. The van der Waals surface area contributed by atoms with Gasteiger partial charge in [0.1, 0.15) is 0 Å². The minimum Gasteiger partial charge on any atom is -0.398 e. The molecule has 1 saturated carbocycles. The van der Waals surface area contributed by atoms with Crippen LogP contribution in [0, 0.1) is 5.92 Å². The topological polar surface area (TPSA) is 31.0 Å². The average molecular weight is 244 g/mol. The van der Waals surface area contributed by atoms with Gasteiger partial charge in [0, 0.05) is 13.7 Å². The molecule has 0 aromatic carbocycles. The molecule has 1 aliphatic heterocycles. The molecule has 0 bridgehead atoms. The Morgan fingerprint density at radius 1 is 1.31 bits per heavy atom. The molecular formula is C12H24O3Si. The van der Waals surface area contributed by atoms with E-state index in [1.165, 1.54) is 25.7 Å². The van der Waals surface area contributed by atoms with Crippen molar-refractivity contribution in [1.82, 2.24) is 0 Å². The Bertz CT molecular complexity index is 236. The first-order valence-corrected chi connectivity index (χ1v) is 9.04. The highest BCUT2D eigenvalue weighted by Gasteiger charge is 2.44. The van der Waals surface area contributed by atoms with E-state index in [0.717, 1.165) is 18.6 Å². The van der Waals surface area contributed by atoms with Gasteiger partial charge in [0.2, 0.25) is 0 Å². The van der Waals surface area contributed by atoms with E-state index in [-0.39, 0.29) is 0 Å². The third-order valence-corrected chi connectivity index (χ3v) is 6.96. The summed E-state index contributed by atoms with van der Waals surface area (Å²) < 4.78 is 16.9. The van der Waals surface area contributed by atoms with Crippen LogP contribution in [0.3, 0.4) is 0 Å². The van der Waals surface area contributed by atoms with Crippen molar-refractivity contribution in [3.8, 4) is 0 Å². The summed E-state index contributed by atoms with van der Waals surface area (Å²) in [5.74, 6) is 0.839. The van der Waals surface area contributed by atoms with Crippen LogP contribution < -0.4 is 0 Å². The molecule has 0 spiro atoms. The van der Waals surface area contributed by atoms with Gasteiger partial charge in [-0.1, -0.05) is 0 Å². The lowest BCUT2D eigenvalue weighted by Gasteiger charge is -2.27. The first-order chi connectivity index (χ1) is 7.67. The summed E-state index contributed by atoms with van der Waals surface area (Å²) in [7, 11) is -0.0621.